The van der Waals surface area contributed by atoms with E-state index in [-0.39, 0.29) is 5.75 Å². The molecule has 0 heterocycles. The first-order valence-corrected chi connectivity index (χ1v) is 3.44. The van der Waals surface area contributed by atoms with Gasteiger partial charge < -0.3 is 10.1 Å². The Morgan fingerprint density at radius 2 is 2.18 bits per heavy atom. The molecule has 0 fully saturated rings. The Bertz CT molecular complexity index is 237. The molecule has 1 aromatic carbocycles. The molecule has 0 amide bonds. The van der Waals surface area contributed by atoms with Crippen molar-refractivity contribution < 1.29 is 5.11 Å². The summed E-state index contributed by atoms with van der Waals surface area (Å²) in [6.45, 7) is 0. The first-order valence-electron chi connectivity index (χ1n) is 3.44. The molecular weight excluding hydrogens is 140 g/mol. The summed E-state index contributed by atoms with van der Waals surface area (Å²) in [4.78, 5) is 0. The molecule has 0 bridgehead atoms. The van der Waals surface area contributed by atoms with Crippen LogP contribution < -0.4 is 10.4 Å². The van der Waals surface area contributed by atoms with Crippen LogP contribution in [-0.2, 0) is 0 Å². The van der Waals surface area contributed by atoms with Crippen LogP contribution in [-0.4, -0.2) is 19.2 Å². The van der Waals surface area contributed by atoms with Gasteiger partial charge in [-0.3, -0.25) is 0 Å². The van der Waals surface area contributed by atoms with Crippen molar-refractivity contribution in [3.8, 4) is 5.75 Å². The molecule has 1 rings (SSSR count). The maximum absolute atomic E-state index is 9.10. The van der Waals surface area contributed by atoms with E-state index in [4.69, 9.17) is 5.11 Å². The highest BCUT2D eigenvalue weighted by Gasteiger charge is 1.96. The third kappa shape index (κ3) is 1.85. The molecule has 0 saturated heterocycles. The predicted octanol–water partition coefficient (Wildman–Crippen LogP) is 0.963. The molecular formula is C8H12N2O. The number of nitrogens with zero attached hydrogens (tertiary/aromatic N) is 1. The zero-order valence-corrected chi connectivity index (χ0v) is 6.70. The standard InChI is InChI=1S/C8H12N2O/c1-9-10(2)7-4-3-5-8(11)6-7/h3-6,9,11H,1-2H3. The van der Waals surface area contributed by atoms with Crippen LogP contribution in [0.3, 0.4) is 0 Å². The largest absolute Gasteiger partial charge is 0.508 e. The van der Waals surface area contributed by atoms with Gasteiger partial charge in [0.1, 0.15) is 5.75 Å². The number of anilines is 1. The van der Waals surface area contributed by atoms with Crippen LogP contribution in [0.4, 0.5) is 5.69 Å². The van der Waals surface area contributed by atoms with Crippen LogP contribution in [0, 0.1) is 0 Å². The topological polar surface area (TPSA) is 35.5 Å². The van der Waals surface area contributed by atoms with E-state index in [1.54, 1.807) is 18.2 Å². The molecule has 1 aromatic rings. The van der Waals surface area contributed by atoms with E-state index in [9.17, 15) is 0 Å². The molecule has 2 N–H and O–H groups in total. The van der Waals surface area contributed by atoms with Gasteiger partial charge in [-0.25, -0.2) is 5.43 Å². The van der Waals surface area contributed by atoms with Gasteiger partial charge in [0.05, 0.1) is 5.69 Å². The summed E-state index contributed by atoms with van der Waals surface area (Å²) < 4.78 is 0. The molecule has 3 nitrogen and oxygen atoms in total. The number of hydrogen-bond donors (Lipinski definition) is 2. The Morgan fingerprint density at radius 1 is 1.45 bits per heavy atom. The zero-order chi connectivity index (χ0) is 8.27. The summed E-state index contributed by atoms with van der Waals surface area (Å²) in [6, 6.07) is 7.05. The number of rotatable bonds is 2. The van der Waals surface area contributed by atoms with Gasteiger partial charge in [0.25, 0.3) is 0 Å². The van der Waals surface area contributed by atoms with E-state index in [0.29, 0.717) is 0 Å². The Morgan fingerprint density at radius 3 is 2.73 bits per heavy atom. The average Bonchev–Trinajstić information content (AvgIpc) is 2.03. The minimum atomic E-state index is 0.282. The molecule has 11 heavy (non-hydrogen) atoms. The van der Waals surface area contributed by atoms with E-state index < -0.39 is 0 Å². The number of hydrogen-bond acceptors (Lipinski definition) is 3. The van der Waals surface area contributed by atoms with Crippen molar-refractivity contribution in [1.82, 2.24) is 5.43 Å². The van der Waals surface area contributed by atoms with Crippen molar-refractivity contribution in [3.63, 3.8) is 0 Å². The van der Waals surface area contributed by atoms with Crippen LogP contribution >= 0.6 is 0 Å². The van der Waals surface area contributed by atoms with Gasteiger partial charge in [-0.1, -0.05) is 6.07 Å². The van der Waals surface area contributed by atoms with Crippen molar-refractivity contribution in [2.75, 3.05) is 19.1 Å². The van der Waals surface area contributed by atoms with Crippen molar-refractivity contribution in [1.29, 1.82) is 0 Å². The fraction of sp³-hybridized carbons (Fsp3) is 0.250. The molecule has 0 saturated carbocycles. The van der Waals surface area contributed by atoms with Gasteiger partial charge in [-0.15, -0.1) is 0 Å². The second kappa shape index (κ2) is 3.25. The Kier molecular flexibility index (Phi) is 2.33. The monoisotopic (exact) mass is 152 g/mol. The molecule has 0 aliphatic carbocycles. The van der Waals surface area contributed by atoms with E-state index in [1.807, 2.05) is 25.2 Å². The first kappa shape index (κ1) is 7.88. The maximum Gasteiger partial charge on any atom is 0.117 e. The van der Waals surface area contributed by atoms with Crippen LogP contribution in [0.5, 0.6) is 5.75 Å². The van der Waals surface area contributed by atoms with Crippen LogP contribution in [0.15, 0.2) is 24.3 Å². The molecule has 3 heteroatoms. The summed E-state index contributed by atoms with van der Waals surface area (Å²) in [5, 5.41) is 10.9. The van der Waals surface area contributed by atoms with Crippen molar-refractivity contribution >= 4 is 5.69 Å². The van der Waals surface area contributed by atoms with Crippen molar-refractivity contribution in [2.24, 2.45) is 0 Å². The van der Waals surface area contributed by atoms with E-state index in [1.165, 1.54) is 0 Å². The van der Waals surface area contributed by atoms with Crippen LogP contribution in [0.25, 0.3) is 0 Å². The molecule has 0 unspecified atom stereocenters. The predicted molar refractivity (Wildman–Crippen MR) is 45.6 cm³/mol. The van der Waals surface area contributed by atoms with Gasteiger partial charge in [0, 0.05) is 20.2 Å². The molecule has 0 aromatic heterocycles. The van der Waals surface area contributed by atoms with Gasteiger partial charge in [0.2, 0.25) is 0 Å². The number of benzene rings is 1. The zero-order valence-electron chi connectivity index (χ0n) is 6.70. The summed E-state index contributed by atoms with van der Waals surface area (Å²) >= 11 is 0. The van der Waals surface area contributed by atoms with Crippen molar-refractivity contribution in [2.45, 2.75) is 0 Å². The summed E-state index contributed by atoms with van der Waals surface area (Å²) in [5.74, 6) is 0.282. The van der Waals surface area contributed by atoms with E-state index in [0.717, 1.165) is 5.69 Å². The lowest BCUT2D eigenvalue weighted by Crippen LogP contribution is -2.30. The second-order valence-corrected chi connectivity index (χ2v) is 2.30. The Labute approximate surface area is 66.2 Å². The van der Waals surface area contributed by atoms with Gasteiger partial charge in [-0.05, 0) is 12.1 Å². The number of phenolic OH excluding ortho intramolecular Hbond substituents is 1. The second-order valence-electron chi connectivity index (χ2n) is 2.30. The summed E-state index contributed by atoms with van der Waals surface area (Å²) in [6.07, 6.45) is 0. The fourth-order valence-electron chi connectivity index (χ4n) is 0.831. The molecule has 0 radical (unpaired) electrons. The maximum atomic E-state index is 9.10. The van der Waals surface area contributed by atoms with Gasteiger partial charge in [0.15, 0.2) is 0 Å². The quantitative estimate of drug-likeness (QED) is 0.620. The third-order valence-corrected chi connectivity index (χ3v) is 1.55. The number of phenols is 1. The van der Waals surface area contributed by atoms with E-state index in [2.05, 4.69) is 5.43 Å². The highest BCUT2D eigenvalue weighted by atomic mass is 16.3. The smallest absolute Gasteiger partial charge is 0.117 e. The minimum absolute atomic E-state index is 0.282. The Hall–Kier alpha value is -1.22. The van der Waals surface area contributed by atoms with E-state index >= 15 is 0 Å². The lowest BCUT2D eigenvalue weighted by molar-refractivity contribution is 0.475. The number of hydrazine groups is 1. The summed E-state index contributed by atoms with van der Waals surface area (Å²) in [5.41, 5.74) is 3.87. The average molecular weight is 152 g/mol. The lowest BCUT2D eigenvalue weighted by Gasteiger charge is -2.17. The molecule has 60 valence electrons. The number of nitrogens with one attached hydrogen (secondary N) is 1. The molecule has 0 aliphatic heterocycles. The molecule has 0 aliphatic rings. The molecule has 0 spiro atoms. The Balaban J connectivity index is 2.86. The van der Waals surface area contributed by atoms with Gasteiger partial charge >= 0.3 is 0 Å². The third-order valence-electron chi connectivity index (χ3n) is 1.55. The fourth-order valence-corrected chi connectivity index (χ4v) is 0.831. The van der Waals surface area contributed by atoms with Crippen molar-refractivity contribution in [3.05, 3.63) is 24.3 Å². The highest BCUT2D eigenvalue weighted by molar-refractivity contribution is 5.48. The first-order chi connectivity index (χ1) is 5.24. The SMILES string of the molecule is CNN(C)c1cccc(O)c1. The molecule has 0 atom stereocenters. The normalized spacial score (nSPS) is 9.64. The van der Waals surface area contributed by atoms with Crippen LogP contribution in [0.1, 0.15) is 0 Å². The van der Waals surface area contributed by atoms with Crippen LogP contribution in [0.2, 0.25) is 0 Å². The van der Waals surface area contributed by atoms with Gasteiger partial charge in [-0.2, -0.15) is 0 Å². The highest BCUT2D eigenvalue weighted by Crippen LogP contribution is 2.16. The summed E-state index contributed by atoms with van der Waals surface area (Å²) in [7, 11) is 3.71. The number of aromatic hydroxyl groups is 1. The minimum Gasteiger partial charge on any atom is -0.508 e. The lowest BCUT2D eigenvalue weighted by atomic mass is 10.3.